The fourth-order valence-electron chi connectivity index (χ4n) is 3.60. The van der Waals surface area contributed by atoms with Crippen LogP contribution >= 0.6 is 0 Å². The molecule has 5 nitrogen and oxygen atoms in total. The van der Waals surface area contributed by atoms with E-state index in [0.717, 1.165) is 25.7 Å². The second-order valence-corrected chi connectivity index (χ2v) is 6.45. The van der Waals surface area contributed by atoms with Crippen molar-refractivity contribution in [1.29, 1.82) is 0 Å². The zero-order chi connectivity index (χ0) is 14.7. The lowest BCUT2D eigenvalue weighted by Crippen LogP contribution is -2.46. The van der Waals surface area contributed by atoms with E-state index in [-0.39, 0.29) is 17.9 Å². The number of aliphatic hydroxyl groups is 1. The van der Waals surface area contributed by atoms with Crippen LogP contribution in [0.4, 0.5) is 0 Å². The molecule has 2 fully saturated rings. The van der Waals surface area contributed by atoms with E-state index in [9.17, 15) is 19.8 Å². The molecule has 0 aromatic rings. The molecule has 0 aliphatic heterocycles. The minimum Gasteiger partial charge on any atom is -0.481 e. The summed E-state index contributed by atoms with van der Waals surface area (Å²) >= 11 is 0. The van der Waals surface area contributed by atoms with Crippen molar-refractivity contribution in [2.24, 2.45) is 17.8 Å². The number of aliphatic carboxylic acids is 1. The zero-order valence-corrected chi connectivity index (χ0v) is 12.0. The Labute approximate surface area is 119 Å². The number of rotatable bonds is 3. The molecule has 0 bridgehead atoms. The molecule has 3 unspecified atom stereocenters. The molecule has 0 radical (unpaired) electrons. The summed E-state index contributed by atoms with van der Waals surface area (Å²) in [6.07, 6.45) is 5.29. The number of nitrogens with one attached hydrogen (secondary N) is 1. The van der Waals surface area contributed by atoms with Crippen molar-refractivity contribution in [2.45, 2.75) is 64.0 Å². The molecule has 5 heteroatoms. The summed E-state index contributed by atoms with van der Waals surface area (Å²) in [5.41, 5.74) is 0. The van der Waals surface area contributed by atoms with Gasteiger partial charge >= 0.3 is 5.97 Å². The van der Waals surface area contributed by atoms with Crippen LogP contribution < -0.4 is 5.32 Å². The SMILES string of the molecule is CC1C[C@H](C(=O)NC2CCCCCC2O)[C@H](C(=O)O)C1. The van der Waals surface area contributed by atoms with Crippen LogP contribution in [0.5, 0.6) is 0 Å². The molecule has 2 saturated carbocycles. The van der Waals surface area contributed by atoms with Crippen molar-refractivity contribution in [2.75, 3.05) is 0 Å². The van der Waals surface area contributed by atoms with Gasteiger partial charge in [0.2, 0.25) is 5.91 Å². The first kappa shape index (κ1) is 15.3. The highest BCUT2D eigenvalue weighted by Gasteiger charge is 2.42. The first-order chi connectivity index (χ1) is 9.49. The maximum Gasteiger partial charge on any atom is 0.307 e. The second kappa shape index (κ2) is 6.57. The average molecular weight is 283 g/mol. The molecule has 0 aromatic carbocycles. The smallest absolute Gasteiger partial charge is 0.307 e. The Morgan fingerprint density at radius 1 is 1.05 bits per heavy atom. The first-order valence-corrected chi connectivity index (χ1v) is 7.70. The number of carbonyl (C=O) groups excluding carboxylic acids is 1. The summed E-state index contributed by atoms with van der Waals surface area (Å²) in [6, 6.07) is -0.213. The van der Waals surface area contributed by atoms with Gasteiger partial charge in [-0.05, 0) is 31.6 Å². The van der Waals surface area contributed by atoms with Crippen LogP contribution in [0.15, 0.2) is 0 Å². The van der Waals surface area contributed by atoms with E-state index in [0.29, 0.717) is 19.3 Å². The standard InChI is InChI=1S/C15H25NO4/c1-9-7-10(11(8-9)15(19)20)14(18)16-12-5-3-2-4-6-13(12)17/h9-13,17H,2-8H2,1H3,(H,16,18)(H,19,20)/t9?,10-,11+,12?,13?/m0/s1. The third-order valence-corrected chi connectivity index (χ3v) is 4.76. The summed E-state index contributed by atoms with van der Waals surface area (Å²) in [5.74, 6) is -1.82. The maximum absolute atomic E-state index is 12.3. The summed E-state index contributed by atoms with van der Waals surface area (Å²) < 4.78 is 0. The Kier molecular flexibility index (Phi) is 5.02. The maximum atomic E-state index is 12.3. The van der Waals surface area contributed by atoms with Gasteiger partial charge in [0.25, 0.3) is 0 Å². The van der Waals surface area contributed by atoms with Crippen LogP contribution in [0.1, 0.15) is 51.9 Å². The largest absolute Gasteiger partial charge is 0.481 e. The van der Waals surface area contributed by atoms with Gasteiger partial charge in [0.1, 0.15) is 0 Å². The molecule has 2 aliphatic rings. The highest BCUT2D eigenvalue weighted by molar-refractivity contribution is 5.85. The Hall–Kier alpha value is -1.10. The van der Waals surface area contributed by atoms with Crippen LogP contribution in [-0.2, 0) is 9.59 Å². The number of aliphatic hydroxyl groups excluding tert-OH is 1. The quantitative estimate of drug-likeness (QED) is 0.686. The molecule has 2 aliphatic carbocycles. The third-order valence-electron chi connectivity index (χ3n) is 4.76. The fourth-order valence-corrected chi connectivity index (χ4v) is 3.60. The second-order valence-electron chi connectivity index (χ2n) is 6.45. The number of hydrogen-bond acceptors (Lipinski definition) is 3. The minimum atomic E-state index is -0.879. The van der Waals surface area contributed by atoms with Gasteiger partial charge in [-0.25, -0.2) is 0 Å². The van der Waals surface area contributed by atoms with Gasteiger partial charge in [-0.2, -0.15) is 0 Å². The van der Waals surface area contributed by atoms with Gasteiger partial charge in [0.15, 0.2) is 0 Å². The number of hydrogen-bond donors (Lipinski definition) is 3. The normalized spacial score (nSPS) is 38.2. The molecular weight excluding hydrogens is 258 g/mol. The van der Waals surface area contributed by atoms with Crippen LogP contribution in [-0.4, -0.2) is 34.2 Å². The number of amides is 1. The summed E-state index contributed by atoms with van der Waals surface area (Å²) in [6.45, 7) is 1.99. The number of carboxylic acid groups (broad SMARTS) is 1. The molecule has 0 heterocycles. The Morgan fingerprint density at radius 2 is 1.70 bits per heavy atom. The summed E-state index contributed by atoms with van der Waals surface area (Å²) in [4.78, 5) is 23.6. The van der Waals surface area contributed by atoms with E-state index in [1.165, 1.54) is 0 Å². The van der Waals surface area contributed by atoms with E-state index in [4.69, 9.17) is 0 Å². The third kappa shape index (κ3) is 3.51. The van der Waals surface area contributed by atoms with Crippen LogP contribution in [0, 0.1) is 17.8 Å². The van der Waals surface area contributed by atoms with Crippen molar-refractivity contribution in [3.05, 3.63) is 0 Å². The predicted octanol–water partition coefficient (Wildman–Crippen LogP) is 1.54. The van der Waals surface area contributed by atoms with Crippen molar-refractivity contribution in [3.8, 4) is 0 Å². The molecule has 0 spiro atoms. The monoisotopic (exact) mass is 283 g/mol. The van der Waals surface area contributed by atoms with Crippen molar-refractivity contribution in [3.63, 3.8) is 0 Å². The number of carbonyl (C=O) groups is 2. The van der Waals surface area contributed by atoms with Crippen molar-refractivity contribution < 1.29 is 19.8 Å². The minimum absolute atomic E-state index is 0.187. The zero-order valence-electron chi connectivity index (χ0n) is 12.0. The summed E-state index contributed by atoms with van der Waals surface area (Å²) in [5, 5.41) is 22.2. The molecule has 5 atom stereocenters. The van der Waals surface area contributed by atoms with E-state index in [1.54, 1.807) is 0 Å². The van der Waals surface area contributed by atoms with E-state index in [2.05, 4.69) is 5.32 Å². The van der Waals surface area contributed by atoms with E-state index in [1.807, 2.05) is 6.92 Å². The molecule has 20 heavy (non-hydrogen) atoms. The van der Waals surface area contributed by atoms with Gasteiger partial charge in [-0.3, -0.25) is 9.59 Å². The van der Waals surface area contributed by atoms with Crippen LogP contribution in [0.2, 0.25) is 0 Å². The van der Waals surface area contributed by atoms with Gasteiger partial charge in [-0.1, -0.05) is 26.2 Å². The van der Waals surface area contributed by atoms with Crippen molar-refractivity contribution >= 4 is 11.9 Å². The number of carboxylic acids is 1. The first-order valence-electron chi connectivity index (χ1n) is 7.70. The molecular formula is C15H25NO4. The lowest BCUT2D eigenvalue weighted by Gasteiger charge is -2.24. The van der Waals surface area contributed by atoms with Gasteiger partial charge in [0.05, 0.1) is 24.0 Å². The molecule has 0 aromatic heterocycles. The molecule has 114 valence electrons. The van der Waals surface area contributed by atoms with Gasteiger partial charge in [0, 0.05) is 0 Å². The Bertz CT molecular complexity index is 371. The van der Waals surface area contributed by atoms with Gasteiger partial charge in [-0.15, -0.1) is 0 Å². The lowest BCUT2D eigenvalue weighted by molar-refractivity contribution is -0.146. The fraction of sp³-hybridized carbons (Fsp3) is 0.867. The molecule has 3 N–H and O–H groups in total. The Morgan fingerprint density at radius 3 is 2.40 bits per heavy atom. The Balaban J connectivity index is 1.97. The van der Waals surface area contributed by atoms with Crippen molar-refractivity contribution in [1.82, 2.24) is 5.32 Å². The summed E-state index contributed by atoms with van der Waals surface area (Å²) in [7, 11) is 0. The lowest BCUT2D eigenvalue weighted by atomic mass is 9.94. The molecule has 0 saturated heterocycles. The highest BCUT2D eigenvalue weighted by Crippen LogP contribution is 2.36. The van der Waals surface area contributed by atoms with Gasteiger partial charge < -0.3 is 15.5 Å². The van der Waals surface area contributed by atoms with Crippen LogP contribution in [0.25, 0.3) is 0 Å². The molecule has 1 amide bonds. The van der Waals surface area contributed by atoms with Crippen LogP contribution in [0.3, 0.4) is 0 Å². The topological polar surface area (TPSA) is 86.6 Å². The van der Waals surface area contributed by atoms with E-state index >= 15 is 0 Å². The predicted molar refractivity (Wildman–Crippen MR) is 74.0 cm³/mol. The molecule has 2 rings (SSSR count). The highest BCUT2D eigenvalue weighted by atomic mass is 16.4. The average Bonchev–Trinajstić information content (AvgIpc) is 2.68. The van der Waals surface area contributed by atoms with E-state index < -0.39 is 23.9 Å².